The highest BCUT2D eigenvalue weighted by Gasteiger charge is 2.43. The van der Waals surface area contributed by atoms with Crippen LogP contribution in [-0.2, 0) is 0 Å². The molecule has 1 rings (SSSR count). The van der Waals surface area contributed by atoms with Crippen LogP contribution in [0, 0.1) is 5.92 Å². The summed E-state index contributed by atoms with van der Waals surface area (Å²) in [5, 5.41) is 0. The molecule has 0 aliphatic heterocycles. The second-order valence-corrected chi connectivity index (χ2v) is 6.47. The van der Waals surface area contributed by atoms with Crippen LogP contribution in [0.4, 0.5) is 4.39 Å². The monoisotopic (exact) mass is 242 g/mol. The van der Waals surface area contributed by atoms with E-state index in [-0.39, 0.29) is 0 Å². The Kier molecular flexibility index (Phi) is 4.77. The number of unbranched alkanes of at least 4 members (excludes halogenated alkanes) is 1. The van der Waals surface area contributed by atoms with Gasteiger partial charge in [-0.15, -0.1) is 0 Å². The van der Waals surface area contributed by atoms with E-state index in [1.54, 1.807) is 6.92 Å². The zero-order valence-electron chi connectivity index (χ0n) is 12.1. The summed E-state index contributed by atoms with van der Waals surface area (Å²) >= 11 is 0. The van der Waals surface area contributed by atoms with E-state index in [0.717, 1.165) is 38.6 Å². The third kappa shape index (κ3) is 3.80. The maximum Gasteiger partial charge on any atom is 0.238 e. The van der Waals surface area contributed by atoms with Gasteiger partial charge in [-0.1, -0.05) is 25.5 Å². The van der Waals surface area contributed by atoms with Gasteiger partial charge in [0.1, 0.15) is 0 Å². The number of alkyl halides is 1. The van der Waals surface area contributed by atoms with Crippen molar-refractivity contribution in [3.8, 4) is 0 Å². The molecule has 0 heterocycles. The number of hydrogen-bond donors (Lipinski definition) is 0. The van der Waals surface area contributed by atoms with Crippen LogP contribution in [0.15, 0.2) is 12.2 Å². The van der Waals surface area contributed by atoms with E-state index < -0.39 is 5.79 Å². The molecule has 0 saturated heterocycles. The lowest BCUT2D eigenvalue weighted by Gasteiger charge is -2.42. The third-order valence-corrected chi connectivity index (χ3v) is 4.48. The van der Waals surface area contributed by atoms with Crippen LogP contribution in [0.5, 0.6) is 0 Å². The average molecular weight is 242 g/mol. The zero-order chi connectivity index (χ0) is 13.1. The van der Waals surface area contributed by atoms with E-state index in [1.165, 1.54) is 5.57 Å². The molecule has 0 N–H and O–H groups in total. The first-order valence-electron chi connectivity index (χ1n) is 6.97. The summed E-state index contributed by atoms with van der Waals surface area (Å²) in [5.41, 5.74) is 1.31. The van der Waals surface area contributed by atoms with Crippen molar-refractivity contribution in [2.24, 2.45) is 5.92 Å². The van der Waals surface area contributed by atoms with Gasteiger partial charge in [0.2, 0.25) is 5.79 Å². The van der Waals surface area contributed by atoms with E-state index in [2.05, 4.69) is 13.5 Å². The van der Waals surface area contributed by atoms with Crippen molar-refractivity contribution >= 4 is 0 Å². The summed E-state index contributed by atoms with van der Waals surface area (Å²) in [7, 11) is 4.05. The predicted octanol–water partition coefficient (Wildman–Crippen LogP) is 4.30. The quantitative estimate of drug-likeness (QED) is 0.370. The molecule has 2 heteroatoms. The molecule has 2 atom stereocenters. The normalized spacial score (nSPS) is 25.0. The van der Waals surface area contributed by atoms with Crippen LogP contribution in [0.25, 0.3) is 0 Å². The second kappa shape index (κ2) is 5.51. The van der Waals surface area contributed by atoms with E-state index in [0.29, 0.717) is 16.8 Å². The fourth-order valence-corrected chi connectivity index (χ4v) is 2.76. The Morgan fingerprint density at radius 3 is 2.59 bits per heavy atom. The SMILES string of the molecule is C=C1CCC(CC(C)(F)[N+](C)(C)CCCC)C1. The van der Waals surface area contributed by atoms with Crippen molar-refractivity contribution < 1.29 is 8.87 Å². The fraction of sp³-hybridized carbons (Fsp3) is 0.867. The summed E-state index contributed by atoms with van der Waals surface area (Å²) < 4.78 is 15.4. The Hall–Kier alpha value is -0.370. The maximum absolute atomic E-state index is 14.9. The number of quaternary nitrogens is 1. The van der Waals surface area contributed by atoms with Crippen molar-refractivity contribution in [3.05, 3.63) is 12.2 Å². The Morgan fingerprint density at radius 2 is 2.12 bits per heavy atom. The largest absolute Gasteiger partial charge is 0.297 e. The summed E-state index contributed by atoms with van der Waals surface area (Å²) in [4.78, 5) is 0. The maximum atomic E-state index is 14.9. The highest BCUT2D eigenvalue weighted by atomic mass is 19.1. The lowest BCUT2D eigenvalue weighted by Crippen LogP contribution is -2.56. The average Bonchev–Trinajstić information content (AvgIpc) is 2.60. The van der Waals surface area contributed by atoms with Crippen molar-refractivity contribution in [1.82, 2.24) is 0 Å². The van der Waals surface area contributed by atoms with Crippen molar-refractivity contribution in [2.75, 3.05) is 20.6 Å². The number of rotatable bonds is 6. The van der Waals surface area contributed by atoms with E-state index in [1.807, 2.05) is 14.1 Å². The van der Waals surface area contributed by atoms with Crippen molar-refractivity contribution in [1.29, 1.82) is 0 Å². The first-order chi connectivity index (χ1) is 7.78. The Morgan fingerprint density at radius 1 is 1.47 bits per heavy atom. The van der Waals surface area contributed by atoms with Crippen molar-refractivity contribution in [2.45, 2.75) is 58.2 Å². The van der Waals surface area contributed by atoms with Gasteiger partial charge in [-0.2, -0.15) is 4.39 Å². The fourth-order valence-electron chi connectivity index (χ4n) is 2.76. The molecule has 0 amide bonds. The molecule has 1 fully saturated rings. The van der Waals surface area contributed by atoms with Crippen LogP contribution in [0.3, 0.4) is 0 Å². The minimum Gasteiger partial charge on any atom is -0.297 e. The predicted molar refractivity (Wildman–Crippen MR) is 72.5 cm³/mol. The molecule has 0 aromatic carbocycles. The number of halogens is 1. The van der Waals surface area contributed by atoms with E-state index in [4.69, 9.17) is 0 Å². The van der Waals surface area contributed by atoms with Gasteiger partial charge >= 0.3 is 0 Å². The zero-order valence-corrected chi connectivity index (χ0v) is 12.1. The van der Waals surface area contributed by atoms with Crippen LogP contribution < -0.4 is 0 Å². The Balaban J connectivity index is 2.56. The van der Waals surface area contributed by atoms with E-state index >= 15 is 0 Å². The molecule has 1 aliphatic rings. The summed E-state index contributed by atoms with van der Waals surface area (Å²) in [6.45, 7) is 8.89. The molecular formula is C15H29FN+. The minimum absolute atomic E-state index is 0.490. The molecular weight excluding hydrogens is 213 g/mol. The molecule has 0 aromatic rings. The summed E-state index contributed by atoms with van der Waals surface area (Å²) in [6.07, 6.45) is 6.19. The molecule has 1 saturated carbocycles. The highest BCUT2D eigenvalue weighted by Crippen LogP contribution is 2.38. The third-order valence-electron chi connectivity index (χ3n) is 4.48. The Labute approximate surface area is 106 Å². The molecule has 100 valence electrons. The van der Waals surface area contributed by atoms with E-state index in [9.17, 15) is 4.39 Å². The smallest absolute Gasteiger partial charge is 0.238 e. The van der Waals surface area contributed by atoms with Crippen LogP contribution in [0.2, 0.25) is 0 Å². The van der Waals surface area contributed by atoms with Gasteiger partial charge in [-0.3, -0.25) is 4.48 Å². The highest BCUT2D eigenvalue weighted by molar-refractivity contribution is 5.02. The molecule has 0 radical (unpaired) electrons. The standard InChI is InChI=1S/C15H29FN/c1-6-7-10-17(4,5)15(3,16)12-14-9-8-13(2)11-14/h14H,2,6-12H2,1,3-5H3/q+1. The van der Waals surface area contributed by atoms with Gasteiger partial charge < -0.3 is 0 Å². The van der Waals surface area contributed by atoms with Gasteiger partial charge in [0.05, 0.1) is 20.6 Å². The van der Waals surface area contributed by atoms with Crippen LogP contribution in [0.1, 0.15) is 52.4 Å². The van der Waals surface area contributed by atoms with Gasteiger partial charge in [-0.25, -0.2) is 0 Å². The van der Waals surface area contributed by atoms with Crippen LogP contribution >= 0.6 is 0 Å². The lowest BCUT2D eigenvalue weighted by atomic mass is 9.95. The summed E-state index contributed by atoms with van der Waals surface area (Å²) in [6, 6.07) is 0. The van der Waals surface area contributed by atoms with Gasteiger partial charge in [-0.05, 0) is 31.6 Å². The molecule has 1 aliphatic carbocycles. The summed E-state index contributed by atoms with van der Waals surface area (Å²) in [5.74, 6) is -0.596. The first kappa shape index (κ1) is 14.7. The van der Waals surface area contributed by atoms with Gasteiger partial charge in [0, 0.05) is 13.3 Å². The topological polar surface area (TPSA) is 0 Å². The lowest BCUT2D eigenvalue weighted by molar-refractivity contribution is -0.958. The minimum atomic E-state index is -1.11. The Bertz CT molecular complexity index is 268. The molecule has 17 heavy (non-hydrogen) atoms. The number of hydrogen-bond acceptors (Lipinski definition) is 0. The molecule has 0 spiro atoms. The van der Waals surface area contributed by atoms with Crippen LogP contribution in [-0.4, -0.2) is 30.9 Å². The number of nitrogens with zero attached hydrogens (tertiary/aromatic N) is 1. The van der Waals surface area contributed by atoms with Gasteiger partial charge in [0.15, 0.2) is 0 Å². The van der Waals surface area contributed by atoms with Crippen molar-refractivity contribution in [3.63, 3.8) is 0 Å². The van der Waals surface area contributed by atoms with Gasteiger partial charge in [0.25, 0.3) is 0 Å². The molecule has 0 bridgehead atoms. The first-order valence-corrected chi connectivity index (χ1v) is 6.97. The number of allylic oxidation sites excluding steroid dienone is 1. The molecule has 2 unspecified atom stereocenters. The second-order valence-electron chi connectivity index (χ2n) is 6.47. The molecule has 1 nitrogen and oxygen atoms in total. The molecule has 0 aromatic heterocycles.